The molecule has 3 aromatic carbocycles. The van der Waals surface area contributed by atoms with E-state index in [9.17, 15) is 18.0 Å². The predicted molar refractivity (Wildman–Crippen MR) is 133 cm³/mol. The zero-order chi connectivity index (χ0) is 25.6. The normalized spacial score (nSPS) is 16.5. The van der Waals surface area contributed by atoms with Gasteiger partial charge in [-0.2, -0.15) is 0 Å². The highest BCUT2D eigenvalue weighted by atomic mass is 32.2. The van der Waals surface area contributed by atoms with Crippen LogP contribution in [-0.4, -0.2) is 38.8 Å². The molecular weight excluding hydrogens is 487 g/mol. The highest BCUT2D eigenvalue weighted by Gasteiger charge is 2.36. The van der Waals surface area contributed by atoms with Gasteiger partial charge in [-0.15, -0.1) is 0 Å². The van der Waals surface area contributed by atoms with Gasteiger partial charge in [0.1, 0.15) is 16.7 Å². The van der Waals surface area contributed by atoms with Crippen LogP contribution in [0.5, 0.6) is 5.75 Å². The van der Waals surface area contributed by atoms with Crippen LogP contribution in [0.1, 0.15) is 18.9 Å². The number of hydrogen-bond donors (Lipinski definition) is 0. The van der Waals surface area contributed by atoms with Gasteiger partial charge in [-0.3, -0.25) is 9.36 Å². The largest absolute Gasteiger partial charge is 0.497 e. The topological polar surface area (TPSA) is 98.8 Å². The van der Waals surface area contributed by atoms with Gasteiger partial charge in [0.25, 0.3) is 0 Å². The van der Waals surface area contributed by atoms with Crippen LogP contribution in [0.25, 0.3) is 22.2 Å². The standard InChI is InChI=1S/C26H23FN2O6S/c1-34-17-10-12-19-22(15-17)35-26(31)29(19)21-9-6-14-28(25(21)30)20-13-11-18(16-7-4-3-5-8-16)24(23(20)27)36(2,32)33/h3-5,7-8,10-13,15,21H,6,9,14H2,1-2H3. The van der Waals surface area contributed by atoms with Gasteiger partial charge in [0.2, 0.25) is 5.91 Å². The lowest BCUT2D eigenvalue weighted by molar-refractivity contribution is -0.123. The molecule has 0 saturated carbocycles. The van der Waals surface area contributed by atoms with E-state index < -0.39 is 38.3 Å². The van der Waals surface area contributed by atoms with E-state index in [1.54, 1.807) is 48.5 Å². The summed E-state index contributed by atoms with van der Waals surface area (Å²) >= 11 is 0. The lowest BCUT2D eigenvalue weighted by atomic mass is 10.0. The van der Waals surface area contributed by atoms with Crippen LogP contribution in [-0.2, 0) is 14.6 Å². The van der Waals surface area contributed by atoms with Crippen LogP contribution in [0, 0.1) is 5.82 Å². The molecule has 1 aliphatic rings. The molecule has 1 saturated heterocycles. The maximum atomic E-state index is 15.9. The van der Waals surface area contributed by atoms with Gasteiger partial charge >= 0.3 is 5.76 Å². The molecule has 186 valence electrons. The molecule has 10 heteroatoms. The van der Waals surface area contributed by atoms with Crippen molar-refractivity contribution in [2.75, 3.05) is 24.8 Å². The zero-order valence-electron chi connectivity index (χ0n) is 19.6. The minimum absolute atomic E-state index is 0.146. The lowest BCUT2D eigenvalue weighted by Gasteiger charge is -2.33. The number of carbonyl (C=O) groups is 1. The number of anilines is 1. The number of sulfone groups is 1. The molecule has 1 unspecified atom stereocenters. The van der Waals surface area contributed by atoms with Crippen molar-refractivity contribution in [3.8, 4) is 16.9 Å². The van der Waals surface area contributed by atoms with Crippen molar-refractivity contribution in [1.29, 1.82) is 0 Å². The van der Waals surface area contributed by atoms with Crippen LogP contribution in [0.15, 0.2) is 74.8 Å². The number of carbonyl (C=O) groups excluding carboxylic acids is 1. The first-order valence-electron chi connectivity index (χ1n) is 11.3. The second-order valence-electron chi connectivity index (χ2n) is 8.63. The molecule has 1 atom stereocenters. The van der Waals surface area contributed by atoms with Gasteiger partial charge in [-0.25, -0.2) is 17.6 Å². The fourth-order valence-electron chi connectivity index (χ4n) is 4.74. The van der Waals surface area contributed by atoms with Crippen molar-refractivity contribution in [3.63, 3.8) is 0 Å². The summed E-state index contributed by atoms with van der Waals surface area (Å²) in [6, 6.07) is 15.4. The van der Waals surface area contributed by atoms with Crippen molar-refractivity contribution >= 4 is 32.5 Å². The summed E-state index contributed by atoms with van der Waals surface area (Å²) in [4.78, 5) is 27.0. The maximum Gasteiger partial charge on any atom is 0.420 e. The van der Waals surface area contributed by atoms with Gasteiger partial charge in [0.15, 0.2) is 21.2 Å². The molecule has 2 heterocycles. The Balaban J connectivity index is 1.60. The Morgan fingerprint density at radius 3 is 2.50 bits per heavy atom. The summed E-state index contributed by atoms with van der Waals surface area (Å²) in [6.45, 7) is 0.179. The van der Waals surface area contributed by atoms with Gasteiger partial charge in [-0.1, -0.05) is 36.4 Å². The highest BCUT2D eigenvalue weighted by molar-refractivity contribution is 7.90. The molecule has 0 bridgehead atoms. The van der Waals surface area contributed by atoms with E-state index in [2.05, 4.69) is 0 Å². The van der Waals surface area contributed by atoms with Crippen molar-refractivity contribution in [2.45, 2.75) is 23.8 Å². The van der Waals surface area contributed by atoms with E-state index >= 15 is 4.39 Å². The summed E-state index contributed by atoms with van der Waals surface area (Å²) in [5.74, 6) is -1.74. The number of oxazole rings is 1. The number of amides is 1. The second-order valence-corrected chi connectivity index (χ2v) is 10.6. The summed E-state index contributed by atoms with van der Waals surface area (Å²) in [6.07, 6.45) is 1.76. The van der Waals surface area contributed by atoms with Crippen LogP contribution in [0.2, 0.25) is 0 Å². The molecule has 4 aromatic rings. The van der Waals surface area contributed by atoms with Crippen molar-refractivity contribution < 1.29 is 26.8 Å². The number of aromatic nitrogens is 1. The number of piperidine rings is 1. The Hall–Kier alpha value is -3.92. The summed E-state index contributed by atoms with van der Waals surface area (Å²) in [7, 11) is -2.50. The molecule has 8 nitrogen and oxygen atoms in total. The smallest absolute Gasteiger partial charge is 0.420 e. The number of nitrogens with zero attached hydrogens (tertiary/aromatic N) is 2. The SMILES string of the molecule is COc1ccc2c(c1)oc(=O)n2C1CCCN(c2ccc(-c3ccccc3)c(S(C)(=O)=O)c2F)C1=O. The molecule has 1 aromatic heterocycles. The maximum absolute atomic E-state index is 15.9. The van der Waals surface area contributed by atoms with Gasteiger partial charge in [0, 0.05) is 24.4 Å². The van der Waals surface area contributed by atoms with Crippen LogP contribution in [0.3, 0.4) is 0 Å². The molecule has 5 rings (SSSR count). The average Bonchev–Trinajstić information content (AvgIpc) is 3.18. The summed E-state index contributed by atoms with van der Waals surface area (Å²) < 4.78 is 52.9. The number of hydrogen-bond acceptors (Lipinski definition) is 6. The van der Waals surface area contributed by atoms with Crippen molar-refractivity contribution in [2.24, 2.45) is 0 Å². The number of benzene rings is 3. The van der Waals surface area contributed by atoms with Crippen LogP contribution >= 0.6 is 0 Å². The minimum atomic E-state index is -3.98. The van der Waals surface area contributed by atoms with E-state index in [4.69, 9.17) is 9.15 Å². The highest BCUT2D eigenvalue weighted by Crippen LogP contribution is 2.37. The van der Waals surface area contributed by atoms with Crippen LogP contribution < -0.4 is 15.4 Å². The molecule has 0 N–H and O–H groups in total. The van der Waals surface area contributed by atoms with E-state index in [0.717, 1.165) is 6.26 Å². The predicted octanol–water partition coefficient (Wildman–Crippen LogP) is 4.18. The molecular formula is C26H23FN2O6S. The van der Waals surface area contributed by atoms with Gasteiger partial charge in [0.05, 0.1) is 18.3 Å². The van der Waals surface area contributed by atoms with Gasteiger partial charge < -0.3 is 14.1 Å². The molecule has 1 aliphatic heterocycles. The number of halogens is 1. The summed E-state index contributed by atoms with van der Waals surface area (Å²) in [5.41, 5.74) is 1.29. The Morgan fingerprint density at radius 2 is 1.81 bits per heavy atom. The monoisotopic (exact) mass is 510 g/mol. The fourth-order valence-corrected chi connectivity index (χ4v) is 5.75. The first kappa shape index (κ1) is 23.8. The fraction of sp³-hybridized carbons (Fsp3) is 0.231. The Morgan fingerprint density at radius 1 is 1.06 bits per heavy atom. The van der Waals surface area contributed by atoms with Crippen molar-refractivity contribution in [3.05, 3.63) is 77.0 Å². The minimum Gasteiger partial charge on any atom is -0.497 e. The zero-order valence-corrected chi connectivity index (χ0v) is 20.4. The number of fused-ring (bicyclic) bond motifs is 1. The number of ether oxygens (including phenoxy) is 1. The lowest BCUT2D eigenvalue weighted by Crippen LogP contribution is -2.44. The molecule has 0 spiro atoms. The van der Waals surface area contributed by atoms with Crippen molar-refractivity contribution in [1.82, 2.24) is 4.57 Å². The third-order valence-corrected chi connectivity index (χ3v) is 7.51. The second kappa shape index (κ2) is 8.94. The molecule has 1 fully saturated rings. The molecule has 0 aliphatic carbocycles. The summed E-state index contributed by atoms with van der Waals surface area (Å²) in [5, 5.41) is 0. The quantitative estimate of drug-likeness (QED) is 0.400. The molecule has 36 heavy (non-hydrogen) atoms. The Kier molecular flexibility index (Phi) is 5.91. The third-order valence-electron chi connectivity index (χ3n) is 6.37. The van der Waals surface area contributed by atoms with Gasteiger partial charge in [-0.05, 0) is 36.6 Å². The van der Waals surface area contributed by atoms with E-state index in [1.165, 1.54) is 28.7 Å². The first-order valence-corrected chi connectivity index (χ1v) is 13.2. The van der Waals surface area contributed by atoms with E-state index in [1.807, 2.05) is 0 Å². The van der Waals surface area contributed by atoms with E-state index in [-0.39, 0.29) is 23.4 Å². The number of rotatable bonds is 5. The third kappa shape index (κ3) is 3.97. The Bertz CT molecular complexity index is 1640. The average molecular weight is 511 g/mol. The first-order chi connectivity index (χ1) is 17.2. The number of methoxy groups -OCH3 is 1. The molecule has 0 radical (unpaired) electrons. The van der Waals surface area contributed by atoms with Crippen LogP contribution in [0.4, 0.5) is 10.1 Å². The molecule has 1 amide bonds. The Labute approximate surface area is 206 Å². The van der Waals surface area contributed by atoms with E-state index in [0.29, 0.717) is 29.7 Å².